The van der Waals surface area contributed by atoms with Crippen LogP contribution >= 0.6 is 0 Å². The molecule has 0 heterocycles. The van der Waals surface area contributed by atoms with Gasteiger partial charge < -0.3 is 24.1 Å². The van der Waals surface area contributed by atoms with E-state index in [2.05, 4.69) is 5.32 Å². The third kappa shape index (κ3) is 8.06. The highest BCUT2D eigenvalue weighted by atomic mass is 19.1. The van der Waals surface area contributed by atoms with Crippen molar-refractivity contribution in [3.05, 3.63) is 89.2 Å². The number of hydrogen-bond donors (Lipinski definition) is 2. The average Bonchev–Trinajstić information content (AvgIpc) is 2.91. The van der Waals surface area contributed by atoms with Crippen molar-refractivity contribution >= 4 is 17.6 Å². The van der Waals surface area contributed by atoms with E-state index < -0.39 is 12.1 Å². The van der Waals surface area contributed by atoms with Gasteiger partial charge in [-0.25, -0.2) is 9.18 Å². The average molecular weight is 510 g/mol. The number of aryl methyl sites for hydroxylation is 1. The Morgan fingerprint density at radius 1 is 1.05 bits per heavy atom. The fourth-order valence-electron chi connectivity index (χ4n) is 3.53. The number of esters is 1. The summed E-state index contributed by atoms with van der Waals surface area (Å²) in [5.74, 6) is 0.936. The highest BCUT2D eigenvalue weighted by molar-refractivity contribution is 6.21. The Labute approximate surface area is 216 Å². The number of para-hydroxylation sites is 2. The lowest BCUT2D eigenvalue weighted by atomic mass is 10.0. The molecule has 0 aliphatic carbocycles. The summed E-state index contributed by atoms with van der Waals surface area (Å²) in [5, 5.41) is 13.4. The van der Waals surface area contributed by atoms with Crippen molar-refractivity contribution < 1.29 is 33.2 Å². The predicted octanol–water partition coefficient (Wildman–Crippen LogP) is 4.61. The second-order valence-electron chi connectivity index (χ2n) is 8.37. The topological polar surface area (TPSA) is 86.3 Å². The van der Waals surface area contributed by atoms with E-state index in [0.717, 1.165) is 0 Å². The maximum atomic E-state index is 13.6. The molecular weight excluding hydrogens is 477 g/mol. The SMILES string of the molecule is COC(=O)C(=Cc1ccc(F)c(C)c1)c1ccc(OCC(O)CNC(C)Oc2ccccc2OC)cc1. The molecule has 0 aliphatic rings. The van der Waals surface area contributed by atoms with Gasteiger partial charge in [-0.1, -0.05) is 30.3 Å². The molecule has 196 valence electrons. The van der Waals surface area contributed by atoms with E-state index in [1.54, 1.807) is 56.5 Å². The highest BCUT2D eigenvalue weighted by Gasteiger charge is 2.14. The van der Waals surface area contributed by atoms with Gasteiger partial charge in [0.2, 0.25) is 0 Å². The number of halogens is 1. The number of rotatable bonds is 12. The Morgan fingerprint density at radius 2 is 1.76 bits per heavy atom. The Balaban J connectivity index is 1.55. The van der Waals surface area contributed by atoms with Crippen molar-refractivity contribution in [1.82, 2.24) is 5.32 Å². The van der Waals surface area contributed by atoms with E-state index in [4.69, 9.17) is 18.9 Å². The lowest BCUT2D eigenvalue weighted by Crippen LogP contribution is -2.39. The van der Waals surface area contributed by atoms with Gasteiger partial charge in [0.25, 0.3) is 0 Å². The smallest absolute Gasteiger partial charge is 0.338 e. The first-order valence-corrected chi connectivity index (χ1v) is 11.8. The summed E-state index contributed by atoms with van der Waals surface area (Å²) in [6.07, 6.45) is 0.506. The van der Waals surface area contributed by atoms with Gasteiger partial charge in [0.15, 0.2) is 11.5 Å². The molecule has 2 N–H and O–H groups in total. The molecular formula is C29H32FNO6. The molecule has 0 radical (unpaired) electrons. The van der Waals surface area contributed by atoms with Gasteiger partial charge in [-0.05, 0) is 73.0 Å². The second kappa shape index (κ2) is 13.4. The molecule has 0 amide bonds. The summed E-state index contributed by atoms with van der Waals surface area (Å²) in [6.45, 7) is 3.80. The molecule has 0 spiro atoms. The zero-order valence-corrected chi connectivity index (χ0v) is 21.4. The Kier molecular flexibility index (Phi) is 10.1. The minimum absolute atomic E-state index is 0.0578. The summed E-state index contributed by atoms with van der Waals surface area (Å²) >= 11 is 0. The van der Waals surface area contributed by atoms with Crippen LogP contribution in [0, 0.1) is 12.7 Å². The predicted molar refractivity (Wildman–Crippen MR) is 140 cm³/mol. The van der Waals surface area contributed by atoms with E-state index in [1.165, 1.54) is 13.2 Å². The molecule has 37 heavy (non-hydrogen) atoms. The molecule has 0 aliphatic heterocycles. The van der Waals surface area contributed by atoms with E-state index in [0.29, 0.717) is 39.5 Å². The summed E-state index contributed by atoms with van der Waals surface area (Å²) in [4.78, 5) is 12.4. The van der Waals surface area contributed by atoms with Gasteiger partial charge in [0.1, 0.15) is 30.5 Å². The number of methoxy groups -OCH3 is 2. The quantitative estimate of drug-likeness (QED) is 0.160. The number of nitrogens with one attached hydrogen (secondary N) is 1. The van der Waals surface area contributed by atoms with Gasteiger partial charge in [-0.15, -0.1) is 0 Å². The molecule has 8 heteroatoms. The van der Waals surface area contributed by atoms with Crippen LogP contribution in [0.15, 0.2) is 66.7 Å². The number of carbonyl (C=O) groups is 1. The molecule has 0 saturated heterocycles. The number of ether oxygens (including phenoxy) is 4. The maximum absolute atomic E-state index is 13.6. The van der Waals surface area contributed by atoms with Crippen LogP contribution in [0.5, 0.6) is 17.2 Å². The number of hydrogen-bond acceptors (Lipinski definition) is 7. The first kappa shape index (κ1) is 27.7. The Hall–Kier alpha value is -3.88. The first-order valence-electron chi connectivity index (χ1n) is 11.8. The number of benzene rings is 3. The number of aliphatic hydroxyl groups is 1. The van der Waals surface area contributed by atoms with E-state index in [-0.39, 0.29) is 25.2 Å². The first-order chi connectivity index (χ1) is 17.8. The third-order valence-corrected chi connectivity index (χ3v) is 5.52. The highest BCUT2D eigenvalue weighted by Crippen LogP contribution is 2.26. The van der Waals surface area contributed by atoms with Crippen molar-refractivity contribution in [2.45, 2.75) is 26.2 Å². The zero-order valence-electron chi connectivity index (χ0n) is 21.4. The van der Waals surface area contributed by atoms with Gasteiger partial charge >= 0.3 is 5.97 Å². The summed E-state index contributed by atoms with van der Waals surface area (Å²) in [5.41, 5.74) is 2.11. The molecule has 7 nitrogen and oxygen atoms in total. The minimum Gasteiger partial charge on any atom is -0.493 e. The summed E-state index contributed by atoms with van der Waals surface area (Å²) in [7, 11) is 2.88. The molecule has 3 rings (SSSR count). The largest absolute Gasteiger partial charge is 0.493 e. The Morgan fingerprint density at radius 3 is 2.41 bits per heavy atom. The molecule has 0 bridgehead atoms. The van der Waals surface area contributed by atoms with Crippen molar-refractivity contribution in [2.24, 2.45) is 0 Å². The molecule has 2 atom stereocenters. The Bertz CT molecular complexity index is 1210. The molecule has 0 fully saturated rings. The van der Waals surface area contributed by atoms with Crippen LogP contribution < -0.4 is 19.5 Å². The van der Waals surface area contributed by atoms with E-state index >= 15 is 0 Å². The summed E-state index contributed by atoms with van der Waals surface area (Å²) < 4.78 is 35.3. The zero-order chi connectivity index (χ0) is 26.8. The van der Waals surface area contributed by atoms with Crippen LogP contribution in [0.2, 0.25) is 0 Å². The van der Waals surface area contributed by atoms with Gasteiger partial charge in [0.05, 0.1) is 19.8 Å². The standard InChI is InChI=1S/C29H32FNO6/c1-19-15-21(9-14-26(19)30)16-25(29(33)35-4)22-10-12-24(13-11-22)36-18-23(32)17-31-20(2)37-28-8-6-5-7-27(28)34-3/h5-16,20,23,31-32H,17-18H2,1-4H3. The van der Waals surface area contributed by atoms with Crippen LogP contribution in [0.4, 0.5) is 4.39 Å². The molecule has 3 aromatic rings. The summed E-state index contributed by atoms with van der Waals surface area (Å²) in [6, 6.07) is 18.8. The fourth-order valence-corrected chi connectivity index (χ4v) is 3.53. The maximum Gasteiger partial charge on any atom is 0.338 e. The van der Waals surface area contributed by atoms with Gasteiger partial charge in [-0.2, -0.15) is 0 Å². The lowest BCUT2D eigenvalue weighted by molar-refractivity contribution is -0.133. The van der Waals surface area contributed by atoms with Crippen LogP contribution in [-0.2, 0) is 9.53 Å². The van der Waals surface area contributed by atoms with Gasteiger partial charge in [-0.3, -0.25) is 5.32 Å². The van der Waals surface area contributed by atoms with E-state index in [9.17, 15) is 14.3 Å². The van der Waals surface area contributed by atoms with Crippen LogP contribution in [0.1, 0.15) is 23.6 Å². The van der Waals surface area contributed by atoms with Crippen LogP contribution in [-0.4, -0.2) is 50.8 Å². The third-order valence-electron chi connectivity index (χ3n) is 5.52. The molecule has 0 saturated carbocycles. The molecule has 2 unspecified atom stereocenters. The lowest BCUT2D eigenvalue weighted by Gasteiger charge is -2.20. The van der Waals surface area contributed by atoms with Crippen molar-refractivity contribution in [3.8, 4) is 17.2 Å². The second-order valence-corrected chi connectivity index (χ2v) is 8.37. The number of aliphatic hydroxyl groups excluding tert-OH is 1. The minimum atomic E-state index is -0.782. The van der Waals surface area contributed by atoms with E-state index in [1.807, 2.05) is 31.2 Å². The number of carbonyl (C=O) groups excluding carboxylic acids is 1. The molecule has 3 aromatic carbocycles. The van der Waals surface area contributed by atoms with Crippen molar-refractivity contribution in [1.29, 1.82) is 0 Å². The fraction of sp³-hybridized carbons (Fsp3) is 0.276. The van der Waals surface area contributed by atoms with Crippen LogP contribution in [0.3, 0.4) is 0 Å². The van der Waals surface area contributed by atoms with Crippen molar-refractivity contribution in [2.75, 3.05) is 27.4 Å². The monoisotopic (exact) mass is 509 g/mol. The van der Waals surface area contributed by atoms with Crippen molar-refractivity contribution in [3.63, 3.8) is 0 Å². The van der Waals surface area contributed by atoms with Gasteiger partial charge in [0, 0.05) is 6.54 Å². The molecule has 0 aromatic heterocycles. The van der Waals surface area contributed by atoms with Crippen LogP contribution in [0.25, 0.3) is 11.6 Å². The normalized spacial score (nSPS) is 13.0.